The minimum atomic E-state index is -0.186. The predicted molar refractivity (Wildman–Crippen MR) is 83.8 cm³/mol. The van der Waals surface area contributed by atoms with Gasteiger partial charge in [0.1, 0.15) is 5.82 Å². The molecular formula is C19H21FO. The first kappa shape index (κ1) is 14.3. The van der Waals surface area contributed by atoms with Crippen LogP contribution in [0.4, 0.5) is 4.39 Å². The van der Waals surface area contributed by atoms with Crippen molar-refractivity contribution in [2.45, 2.75) is 37.7 Å². The lowest BCUT2D eigenvalue weighted by atomic mass is 9.82. The fourth-order valence-corrected chi connectivity index (χ4v) is 3.25. The quantitative estimate of drug-likeness (QED) is 0.756. The smallest absolute Gasteiger partial charge is 0.123 e. The van der Waals surface area contributed by atoms with E-state index >= 15 is 0 Å². The van der Waals surface area contributed by atoms with Crippen LogP contribution in [0.5, 0.6) is 0 Å². The number of halogens is 1. The molecule has 2 aromatic carbocycles. The van der Waals surface area contributed by atoms with E-state index in [1.165, 1.54) is 24.5 Å². The van der Waals surface area contributed by atoms with Gasteiger partial charge in [-0.2, -0.15) is 0 Å². The molecule has 2 aromatic rings. The molecule has 0 saturated heterocycles. The van der Waals surface area contributed by atoms with E-state index in [0.29, 0.717) is 12.0 Å². The molecule has 0 atom stereocenters. The van der Waals surface area contributed by atoms with E-state index in [-0.39, 0.29) is 5.82 Å². The molecule has 1 nitrogen and oxygen atoms in total. The number of hydrogen-bond acceptors (Lipinski definition) is 1. The molecule has 0 heterocycles. The maximum absolute atomic E-state index is 13.3. The number of rotatable bonds is 3. The van der Waals surface area contributed by atoms with E-state index in [0.717, 1.165) is 24.0 Å². The Hall–Kier alpha value is -1.67. The summed E-state index contributed by atoms with van der Waals surface area (Å²) in [4.78, 5) is 0. The standard InChI is InChI=1S/C19H21FO/c1-21-19-11-9-15(10-12-19)14-5-7-16(8-6-14)17-3-2-4-18(20)13-17/h2-8,13,15,19H,9-12H2,1H3. The minimum absolute atomic E-state index is 0.186. The number of hydrogen-bond donors (Lipinski definition) is 0. The average Bonchev–Trinajstić information content (AvgIpc) is 2.55. The van der Waals surface area contributed by atoms with E-state index in [1.807, 2.05) is 6.07 Å². The summed E-state index contributed by atoms with van der Waals surface area (Å²) in [6.07, 6.45) is 5.11. The lowest BCUT2D eigenvalue weighted by molar-refractivity contribution is 0.0659. The van der Waals surface area contributed by atoms with Gasteiger partial charge in [0, 0.05) is 7.11 Å². The van der Waals surface area contributed by atoms with Gasteiger partial charge in [-0.05, 0) is 60.4 Å². The van der Waals surface area contributed by atoms with Crippen molar-refractivity contribution in [3.8, 4) is 11.1 Å². The molecule has 1 saturated carbocycles. The Kier molecular flexibility index (Phi) is 4.35. The molecule has 0 spiro atoms. The highest BCUT2D eigenvalue weighted by molar-refractivity contribution is 5.63. The maximum atomic E-state index is 13.3. The highest BCUT2D eigenvalue weighted by atomic mass is 19.1. The van der Waals surface area contributed by atoms with E-state index in [2.05, 4.69) is 24.3 Å². The molecule has 0 radical (unpaired) electrons. The summed E-state index contributed by atoms with van der Waals surface area (Å²) in [7, 11) is 1.80. The van der Waals surface area contributed by atoms with Crippen molar-refractivity contribution in [1.29, 1.82) is 0 Å². The van der Waals surface area contributed by atoms with E-state index in [1.54, 1.807) is 19.2 Å². The van der Waals surface area contributed by atoms with Gasteiger partial charge in [-0.25, -0.2) is 4.39 Å². The summed E-state index contributed by atoms with van der Waals surface area (Å²) in [5.41, 5.74) is 3.40. The van der Waals surface area contributed by atoms with Crippen LogP contribution in [0.1, 0.15) is 37.2 Å². The Morgan fingerprint density at radius 2 is 1.62 bits per heavy atom. The van der Waals surface area contributed by atoms with Gasteiger partial charge in [0.15, 0.2) is 0 Å². The third-order valence-corrected chi connectivity index (χ3v) is 4.55. The predicted octanol–water partition coefficient (Wildman–Crippen LogP) is 5.17. The monoisotopic (exact) mass is 284 g/mol. The van der Waals surface area contributed by atoms with Crippen molar-refractivity contribution in [2.24, 2.45) is 0 Å². The number of benzene rings is 2. The topological polar surface area (TPSA) is 9.23 Å². The van der Waals surface area contributed by atoms with Crippen LogP contribution < -0.4 is 0 Å². The minimum Gasteiger partial charge on any atom is -0.381 e. The molecule has 0 amide bonds. The molecule has 0 aliphatic heterocycles. The molecule has 110 valence electrons. The van der Waals surface area contributed by atoms with Crippen LogP contribution in [0.3, 0.4) is 0 Å². The van der Waals surface area contributed by atoms with Crippen LogP contribution in [0.2, 0.25) is 0 Å². The van der Waals surface area contributed by atoms with Crippen molar-refractivity contribution in [3.63, 3.8) is 0 Å². The SMILES string of the molecule is COC1CCC(c2ccc(-c3cccc(F)c3)cc2)CC1. The van der Waals surface area contributed by atoms with Crippen LogP contribution in [-0.2, 0) is 4.74 Å². The molecule has 0 N–H and O–H groups in total. The second-order valence-electron chi connectivity index (χ2n) is 5.84. The maximum Gasteiger partial charge on any atom is 0.123 e. The summed E-state index contributed by atoms with van der Waals surface area (Å²) in [6, 6.07) is 15.4. The summed E-state index contributed by atoms with van der Waals surface area (Å²) in [5, 5.41) is 0. The molecule has 0 bridgehead atoms. The van der Waals surface area contributed by atoms with Gasteiger partial charge in [0.25, 0.3) is 0 Å². The van der Waals surface area contributed by atoms with E-state index in [4.69, 9.17) is 4.74 Å². The largest absolute Gasteiger partial charge is 0.381 e. The van der Waals surface area contributed by atoms with Gasteiger partial charge in [-0.1, -0.05) is 36.4 Å². The second-order valence-corrected chi connectivity index (χ2v) is 5.84. The summed E-state index contributed by atoms with van der Waals surface area (Å²) >= 11 is 0. The number of methoxy groups -OCH3 is 1. The van der Waals surface area contributed by atoms with Crippen molar-refractivity contribution >= 4 is 0 Å². The summed E-state index contributed by atoms with van der Waals surface area (Å²) in [6.45, 7) is 0. The van der Waals surface area contributed by atoms with Gasteiger partial charge in [0.05, 0.1) is 6.10 Å². The first-order valence-electron chi connectivity index (χ1n) is 7.65. The molecule has 1 fully saturated rings. The normalized spacial score (nSPS) is 22.2. The highest BCUT2D eigenvalue weighted by Gasteiger charge is 2.21. The Morgan fingerprint density at radius 1 is 0.905 bits per heavy atom. The number of ether oxygens (including phenoxy) is 1. The molecule has 2 heteroatoms. The van der Waals surface area contributed by atoms with Gasteiger partial charge >= 0.3 is 0 Å². The van der Waals surface area contributed by atoms with Gasteiger partial charge in [0.2, 0.25) is 0 Å². The van der Waals surface area contributed by atoms with Crippen LogP contribution in [0.25, 0.3) is 11.1 Å². The third kappa shape index (κ3) is 3.33. The zero-order valence-corrected chi connectivity index (χ0v) is 12.4. The van der Waals surface area contributed by atoms with Gasteiger partial charge in [-0.15, -0.1) is 0 Å². The van der Waals surface area contributed by atoms with Crippen molar-refractivity contribution in [2.75, 3.05) is 7.11 Å². The highest BCUT2D eigenvalue weighted by Crippen LogP contribution is 2.34. The van der Waals surface area contributed by atoms with Crippen LogP contribution >= 0.6 is 0 Å². The summed E-state index contributed by atoms with van der Waals surface area (Å²) in [5.74, 6) is 0.451. The Bertz CT molecular complexity index is 583. The van der Waals surface area contributed by atoms with E-state index in [9.17, 15) is 4.39 Å². The van der Waals surface area contributed by atoms with Gasteiger partial charge < -0.3 is 4.74 Å². The molecular weight excluding hydrogens is 263 g/mol. The Balaban J connectivity index is 1.73. The lowest BCUT2D eigenvalue weighted by Gasteiger charge is -2.27. The molecule has 21 heavy (non-hydrogen) atoms. The molecule has 0 aromatic heterocycles. The third-order valence-electron chi connectivity index (χ3n) is 4.55. The fraction of sp³-hybridized carbons (Fsp3) is 0.368. The van der Waals surface area contributed by atoms with Crippen LogP contribution in [0.15, 0.2) is 48.5 Å². The van der Waals surface area contributed by atoms with Crippen molar-refractivity contribution < 1.29 is 9.13 Å². The molecule has 3 rings (SSSR count). The Morgan fingerprint density at radius 3 is 2.24 bits per heavy atom. The molecule has 1 aliphatic carbocycles. The van der Waals surface area contributed by atoms with Crippen molar-refractivity contribution in [1.82, 2.24) is 0 Å². The van der Waals surface area contributed by atoms with Crippen LogP contribution in [-0.4, -0.2) is 13.2 Å². The zero-order chi connectivity index (χ0) is 14.7. The first-order valence-corrected chi connectivity index (χ1v) is 7.65. The van der Waals surface area contributed by atoms with Crippen molar-refractivity contribution in [3.05, 3.63) is 59.9 Å². The van der Waals surface area contributed by atoms with Crippen LogP contribution in [0, 0.1) is 5.82 Å². The first-order chi connectivity index (χ1) is 10.3. The molecule has 0 unspecified atom stereocenters. The lowest BCUT2D eigenvalue weighted by Crippen LogP contribution is -2.19. The zero-order valence-electron chi connectivity index (χ0n) is 12.4. The summed E-state index contributed by atoms with van der Waals surface area (Å²) < 4.78 is 18.7. The second kappa shape index (κ2) is 6.40. The average molecular weight is 284 g/mol. The fourth-order valence-electron chi connectivity index (χ4n) is 3.25. The Labute approximate surface area is 125 Å². The molecule has 1 aliphatic rings. The van der Waals surface area contributed by atoms with Gasteiger partial charge in [-0.3, -0.25) is 0 Å². The van der Waals surface area contributed by atoms with E-state index < -0.39 is 0 Å².